The van der Waals surface area contributed by atoms with Gasteiger partial charge in [0.1, 0.15) is 0 Å². The van der Waals surface area contributed by atoms with E-state index in [9.17, 15) is 0 Å². The maximum Gasteiger partial charge on any atom is 0.0306 e. The number of nitrogens with one attached hydrogen (secondary N) is 1. The molecule has 2 nitrogen and oxygen atoms in total. The van der Waals surface area contributed by atoms with Crippen LogP contribution in [0.4, 0.5) is 0 Å². The molecule has 0 saturated carbocycles. The highest BCUT2D eigenvalue weighted by Gasteiger charge is 2.34. The van der Waals surface area contributed by atoms with Gasteiger partial charge < -0.3 is 5.32 Å². The van der Waals surface area contributed by atoms with Gasteiger partial charge in [-0.3, -0.25) is 4.90 Å². The Labute approximate surface area is 126 Å². The molecule has 1 saturated heterocycles. The molecule has 0 aromatic rings. The van der Waals surface area contributed by atoms with Gasteiger partial charge in [0.2, 0.25) is 0 Å². The second-order valence-electron chi connectivity index (χ2n) is 6.53. The van der Waals surface area contributed by atoms with E-state index in [2.05, 4.69) is 42.8 Å². The van der Waals surface area contributed by atoms with Crippen molar-refractivity contribution in [2.75, 3.05) is 19.6 Å². The zero-order chi connectivity index (χ0) is 14.8. The first-order valence-electron chi connectivity index (χ1n) is 8.51. The van der Waals surface area contributed by atoms with E-state index in [-0.39, 0.29) is 5.54 Å². The Morgan fingerprint density at radius 2 is 1.80 bits per heavy atom. The monoisotopic (exact) mass is 278 g/mol. The van der Waals surface area contributed by atoms with Gasteiger partial charge in [-0.15, -0.1) is 11.8 Å². The minimum Gasteiger partial charge on any atom is -0.312 e. The van der Waals surface area contributed by atoms with Crippen molar-refractivity contribution in [1.29, 1.82) is 0 Å². The first-order valence-corrected chi connectivity index (χ1v) is 8.51. The fourth-order valence-corrected chi connectivity index (χ4v) is 3.23. The Morgan fingerprint density at radius 1 is 1.15 bits per heavy atom. The summed E-state index contributed by atoms with van der Waals surface area (Å²) in [6, 6.07) is 0.543. The molecule has 0 bridgehead atoms. The Balaban J connectivity index is 2.68. The fraction of sp³-hybridized carbons (Fsp3) is 0.889. The van der Waals surface area contributed by atoms with Crippen LogP contribution in [0.3, 0.4) is 0 Å². The van der Waals surface area contributed by atoms with Gasteiger partial charge in [-0.2, -0.15) is 0 Å². The summed E-state index contributed by atoms with van der Waals surface area (Å²) in [6.45, 7) is 12.7. The first kappa shape index (κ1) is 17.5. The van der Waals surface area contributed by atoms with E-state index < -0.39 is 0 Å². The molecule has 0 aliphatic carbocycles. The molecule has 0 spiro atoms. The number of rotatable bonds is 7. The van der Waals surface area contributed by atoms with Crippen molar-refractivity contribution in [3.8, 4) is 11.8 Å². The van der Waals surface area contributed by atoms with Gasteiger partial charge in [0.05, 0.1) is 0 Å². The van der Waals surface area contributed by atoms with Crippen LogP contribution in [-0.4, -0.2) is 36.1 Å². The minimum absolute atomic E-state index is 0.231. The lowest BCUT2D eigenvalue weighted by Gasteiger charge is -2.44. The molecule has 0 amide bonds. The van der Waals surface area contributed by atoms with Crippen LogP contribution in [0.25, 0.3) is 0 Å². The quantitative estimate of drug-likeness (QED) is 0.712. The third-order valence-electron chi connectivity index (χ3n) is 4.65. The normalized spacial score (nSPS) is 19.0. The van der Waals surface area contributed by atoms with Gasteiger partial charge in [-0.1, -0.05) is 19.8 Å². The number of hydrogen-bond acceptors (Lipinski definition) is 2. The predicted octanol–water partition coefficient (Wildman–Crippen LogP) is 3.81. The van der Waals surface area contributed by atoms with Crippen molar-refractivity contribution >= 4 is 0 Å². The maximum atomic E-state index is 3.78. The third-order valence-corrected chi connectivity index (χ3v) is 4.65. The second-order valence-corrected chi connectivity index (χ2v) is 6.53. The number of hydrogen-bond donors (Lipinski definition) is 1. The van der Waals surface area contributed by atoms with E-state index in [1.54, 1.807) is 0 Å². The molecule has 0 radical (unpaired) electrons. The molecule has 1 fully saturated rings. The molecular weight excluding hydrogens is 244 g/mol. The molecule has 20 heavy (non-hydrogen) atoms. The average molecular weight is 278 g/mol. The Kier molecular flexibility index (Phi) is 8.26. The summed E-state index contributed by atoms with van der Waals surface area (Å²) in [5.74, 6) is 6.26. The molecular formula is C18H34N2. The van der Waals surface area contributed by atoms with Crippen molar-refractivity contribution in [1.82, 2.24) is 10.2 Å². The highest BCUT2D eigenvalue weighted by atomic mass is 15.2. The Hall–Kier alpha value is -0.520. The smallest absolute Gasteiger partial charge is 0.0306 e. The average Bonchev–Trinajstić information content (AvgIpc) is 2.72. The molecule has 116 valence electrons. The summed E-state index contributed by atoms with van der Waals surface area (Å²) in [7, 11) is 0. The van der Waals surface area contributed by atoms with E-state index in [1.165, 1.54) is 45.2 Å². The van der Waals surface area contributed by atoms with E-state index >= 15 is 0 Å². The summed E-state index contributed by atoms with van der Waals surface area (Å²) in [5.41, 5.74) is 0.231. The highest BCUT2D eigenvalue weighted by molar-refractivity contribution is 5.00. The van der Waals surface area contributed by atoms with Crippen molar-refractivity contribution in [2.45, 2.75) is 84.2 Å². The van der Waals surface area contributed by atoms with Crippen LogP contribution in [0, 0.1) is 11.8 Å². The first-order chi connectivity index (χ1) is 9.62. The lowest BCUT2D eigenvalue weighted by molar-refractivity contribution is 0.0806. The van der Waals surface area contributed by atoms with Crippen LogP contribution in [0.1, 0.15) is 72.6 Å². The van der Waals surface area contributed by atoms with Gasteiger partial charge in [-0.25, -0.2) is 0 Å². The van der Waals surface area contributed by atoms with Crippen LogP contribution in [0.5, 0.6) is 0 Å². The molecule has 2 heteroatoms. The van der Waals surface area contributed by atoms with Gasteiger partial charge >= 0.3 is 0 Å². The SMILES string of the molecule is CC#CCCC(NCCC)C(C)(C)N1CCCCCC1. The second kappa shape index (κ2) is 9.42. The molecule has 1 heterocycles. The van der Waals surface area contributed by atoms with E-state index in [1.807, 2.05) is 6.92 Å². The molecule has 1 aliphatic heterocycles. The summed E-state index contributed by atoms with van der Waals surface area (Å²) in [5, 5.41) is 3.78. The minimum atomic E-state index is 0.231. The molecule has 1 rings (SSSR count). The van der Waals surface area contributed by atoms with Crippen LogP contribution in [0.15, 0.2) is 0 Å². The van der Waals surface area contributed by atoms with Gasteiger partial charge in [0.25, 0.3) is 0 Å². The number of likely N-dealkylation sites (tertiary alicyclic amines) is 1. The standard InChI is InChI=1S/C18H34N2/c1-5-7-10-13-17(19-14-6-2)18(3,4)20-15-11-8-9-12-16-20/h17,19H,6,8-16H2,1-4H3. The number of nitrogens with zero attached hydrogens (tertiary/aromatic N) is 1. The van der Waals surface area contributed by atoms with Crippen LogP contribution < -0.4 is 5.32 Å². The van der Waals surface area contributed by atoms with Crippen molar-refractivity contribution < 1.29 is 0 Å². The summed E-state index contributed by atoms with van der Waals surface area (Å²) >= 11 is 0. The third kappa shape index (κ3) is 5.46. The van der Waals surface area contributed by atoms with Crippen molar-refractivity contribution in [2.24, 2.45) is 0 Å². The van der Waals surface area contributed by atoms with E-state index in [0.29, 0.717) is 6.04 Å². The van der Waals surface area contributed by atoms with Gasteiger partial charge in [-0.05, 0) is 66.1 Å². The zero-order valence-corrected chi connectivity index (χ0v) is 14.1. The van der Waals surface area contributed by atoms with Crippen molar-refractivity contribution in [3.05, 3.63) is 0 Å². The van der Waals surface area contributed by atoms with E-state index in [4.69, 9.17) is 0 Å². The molecule has 1 unspecified atom stereocenters. The van der Waals surface area contributed by atoms with Gasteiger partial charge in [0, 0.05) is 18.0 Å². The predicted molar refractivity (Wildman–Crippen MR) is 88.9 cm³/mol. The lowest BCUT2D eigenvalue weighted by atomic mass is 9.88. The van der Waals surface area contributed by atoms with Gasteiger partial charge in [0.15, 0.2) is 0 Å². The van der Waals surface area contributed by atoms with Crippen molar-refractivity contribution in [3.63, 3.8) is 0 Å². The highest BCUT2D eigenvalue weighted by Crippen LogP contribution is 2.25. The largest absolute Gasteiger partial charge is 0.312 e. The summed E-state index contributed by atoms with van der Waals surface area (Å²) in [6.07, 6.45) is 8.89. The maximum absolute atomic E-state index is 3.78. The molecule has 0 aromatic heterocycles. The summed E-state index contributed by atoms with van der Waals surface area (Å²) < 4.78 is 0. The molecule has 1 N–H and O–H groups in total. The molecule has 1 atom stereocenters. The zero-order valence-electron chi connectivity index (χ0n) is 14.1. The van der Waals surface area contributed by atoms with Crippen LogP contribution in [0.2, 0.25) is 0 Å². The summed E-state index contributed by atoms with van der Waals surface area (Å²) in [4.78, 5) is 2.71. The molecule has 1 aliphatic rings. The van der Waals surface area contributed by atoms with Crippen LogP contribution in [-0.2, 0) is 0 Å². The fourth-order valence-electron chi connectivity index (χ4n) is 3.23. The molecule has 0 aromatic carbocycles. The Bertz CT molecular complexity index is 303. The lowest BCUT2D eigenvalue weighted by Crippen LogP contribution is -2.58. The Morgan fingerprint density at radius 3 is 2.35 bits per heavy atom. The van der Waals surface area contributed by atoms with E-state index in [0.717, 1.165) is 19.4 Å². The topological polar surface area (TPSA) is 15.3 Å². The van der Waals surface area contributed by atoms with Crippen LogP contribution >= 0.6 is 0 Å².